The molecule has 20 heavy (non-hydrogen) atoms. The maximum absolute atomic E-state index is 11.4. The summed E-state index contributed by atoms with van der Waals surface area (Å²) in [6, 6.07) is 12.6. The van der Waals surface area contributed by atoms with E-state index >= 15 is 0 Å². The topological polar surface area (TPSA) is 64.3 Å². The van der Waals surface area contributed by atoms with Crippen molar-refractivity contribution < 1.29 is 9.53 Å². The van der Waals surface area contributed by atoms with Gasteiger partial charge in [-0.25, -0.2) is 5.84 Å². The minimum absolute atomic E-state index is 0.325. The second-order valence-electron chi connectivity index (χ2n) is 4.37. The molecule has 4 nitrogen and oxygen atoms in total. The van der Waals surface area contributed by atoms with Gasteiger partial charge in [0.05, 0.1) is 0 Å². The van der Waals surface area contributed by atoms with Crippen LogP contribution in [0, 0.1) is 6.92 Å². The summed E-state index contributed by atoms with van der Waals surface area (Å²) in [5.74, 6) is 5.52. The zero-order valence-corrected chi connectivity index (χ0v) is 11.8. The number of nitrogens with one attached hydrogen (secondary N) is 1. The summed E-state index contributed by atoms with van der Waals surface area (Å²) in [5.41, 5.74) is 4.45. The third-order valence-corrected chi connectivity index (χ3v) is 3.28. The molecule has 2 rings (SSSR count). The van der Waals surface area contributed by atoms with Gasteiger partial charge >= 0.3 is 0 Å². The molecule has 104 valence electrons. The minimum atomic E-state index is -0.325. The van der Waals surface area contributed by atoms with Crippen molar-refractivity contribution in [1.29, 1.82) is 0 Å². The van der Waals surface area contributed by atoms with E-state index in [9.17, 15) is 4.79 Å². The van der Waals surface area contributed by atoms with Crippen molar-refractivity contribution in [2.75, 3.05) is 0 Å². The molecule has 0 spiro atoms. The summed E-state index contributed by atoms with van der Waals surface area (Å²) in [6.45, 7) is 2.29. The summed E-state index contributed by atoms with van der Waals surface area (Å²) in [5, 5.41) is 0.707. The molecule has 3 N–H and O–H groups in total. The van der Waals surface area contributed by atoms with Gasteiger partial charge < -0.3 is 4.74 Å². The van der Waals surface area contributed by atoms with Gasteiger partial charge in [-0.2, -0.15) is 0 Å². The van der Waals surface area contributed by atoms with E-state index in [0.29, 0.717) is 17.2 Å². The third kappa shape index (κ3) is 3.50. The van der Waals surface area contributed by atoms with Crippen molar-refractivity contribution in [2.45, 2.75) is 13.5 Å². The fraction of sp³-hybridized carbons (Fsp3) is 0.133. The zero-order chi connectivity index (χ0) is 14.5. The maximum atomic E-state index is 11.4. The second-order valence-corrected chi connectivity index (χ2v) is 4.78. The first-order chi connectivity index (χ1) is 9.60. The van der Waals surface area contributed by atoms with Gasteiger partial charge in [0.2, 0.25) is 0 Å². The summed E-state index contributed by atoms with van der Waals surface area (Å²) < 4.78 is 5.67. The molecular formula is C15H15ClN2O2. The lowest BCUT2D eigenvalue weighted by Crippen LogP contribution is -2.30. The molecule has 0 unspecified atom stereocenters. The van der Waals surface area contributed by atoms with E-state index in [1.807, 2.05) is 25.1 Å². The number of nitrogen functional groups attached to an aromatic ring is 1. The number of halogens is 1. The van der Waals surface area contributed by atoms with Gasteiger partial charge in [-0.3, -0.25) is 10.2 Å². The monoisotopic (exact) mass is 290 g/mol. The average molecular weight is 291 g/mol. The molecule has 5 heteroatoms. The van der Waals surface area contributed by atoms with Gasteiger partial charge in [-0.1, -0.05) is 23.7 Å². The number of hydrogen-bond donors (Lipinski definition) is 2. The summed E-state index contributed by atoms with van der Waals surface area (Å²) >= 11 is 5.96. The van der Waals surface area contributed by atoms with Crippen LogP contribution in [-0.2, 0) is 6.61 Å². The van der Waals surface area contributed by atoms with Gasteiger partial charge in [-0.15, -0.1) is 0 Å². The van der Waals surface area contributed by atoms with Crippen molar-refractivity contribution in [3.8, 4) is 5.75 Å². The van der Waals surface area contributed by atoms with Crippen LogP contribution in [0.3, 0.4) is 0 Å². The highest BCUT2D eigenvalue weighted by Crippen LogP contribution is 2.21. The van der Waals surface area contributed by atoms with Crippen molar-refractivity contribution in [1.82, 2.24) is 5.43 Å². The number of ether oxygens (including phenoxy) is 1. The van der Waals surface area contributed by atoms with E-state index < -0.39 is 0 Å². The van der Waals surface area contributed by atoms with E-state index in [0.717, 1.165) is 16.9 Å². The number of amides is 1. The van der Waals surface area contributed by atoms with E-state index in [2.05, 4.69) is 5.43 Å². The quantitative estimate of drug-likeness (QED) is 0.517. The largest absolute Gasteiger partial charge is 0.489 e. The number of carbonyl (C=O) groups excluding carboxylic acids is 1. The molecule has 0 radical (unpaired) electrons. The van der Waals surface area contributed by atoms with Crippen molar-refractivity contribution in [3.05, 3.63) is 64.2 Å². The van der Waals surface area contributed by atoms with Gasteiger partial charge in [0.25, 0.3) is 5.91 Å². The Hall–Kier alpha value is -2.04. The molecule has 0 saturated carbocycles. The van der Waals surface area contributed by atoms with Gasteiger partial charge in [0.1, 0.15) is 12.4 Å². The predicted molar refractivity (Wildman–Crippen MR) is 78.6 cm³/mol. The van der Waals surface area contributed by atoms with Crippen LogP contribution in [0.25, 0.3) is 0 Å². The van der Waals surface area contributed by atoms with Gasteiger partial charge in [-0.05, 0) is 48.4 Å². The average Bonchev–Trinajstić information content (AvgIpc) is 2.48. The van der Waals surface area contributed by atoms with E-state index in [4.69, 9.17) is 22.2 Å². The van der Waals surface area contributed by atoms with Crippen LogP contribution in [0.5, 0.6) is 5.75 Å². The SMILES string of the molecule is Cc1cc(OCc2cccc(C(=O)NN)c2)ccc1Cl. The molecule has 0 heterocycles. The lowest BCUT2D eigenvalue weighted by Gasteiger charge is -2.09. The Morgan fingerprint density at radius 2 is 2.10 bits per heavy atom. The third-order valence-electron chi connectivity index (χ3n) is 2.86. The number of rotatable bonds is 4. The lowest BCUT2D eigenvalue weighted by atomic mass is 10.1. The van der Waals surface area contributed by atoms with Crippen molar-refractivity contribution in [3.63, 3.8) is 0 Å². The van der Waals surface area contributed by atoms with Crippen LogP contribution >= 0.6 is 11.6 Å². The highest BCUT2D eigenvalue weighted by Gasteiger charge is 2.05. The number of benzene rings is 2. The second kappa shape index (κ2) is 6.41. The number of carbonyl (C=O) groups is 1. The Labute approximate surface area is 122 Å². The maximum Gasteiger partial charge on any atom is 0.265 e. The number of hydrogen-bond acceptors (Lipinski definition) is 3. The molecule has 0 saturated heterocycles. The van der Waals surface area contributed by atoms with E-state index in [1.54, 1.807) is 24.3 Å². The fourth-order valence-corrected chi connectivity index (χ4v) is 1.88. The first-order valence-electron chi connectivity index (χ1n) is 6.09. The Balaban J connectivity index is 2.07. The first-order valence-corrected chi connectivity index (χ1v) is 6.47. The van der Waals surface area contributed by atoms with Crippen LogP contribution in [0.4, 0.5) is 0 Å². The Bertz CT molecular complexity index is 629. The zero-order valence-electron chi connectivity index (χ0n) is 11.0. The van der Waals surface area contributed by atoms with Crippen molar-refractivity contribution in [2.24, 2.45) is 5.84 Å². The molecule has 0 aliphatic rings. The van der Waals surface area contributed by atoms with Crippen LogP contribution in [-0.4, -0.2) is 5.91 Å². The molecule has 2 aromatic rings. The molecule has 0 bridgehead atoms. The van der Waals surface area contributed by atoms with E-state index in [-0.39, 0.29) is 5.91 Å². The molecule has 0 aliphatic heterocycles. The molecule has 2 aromatic carbocycles. The van der Waals surface area contributed by atoms with Crippen LogP contribution in [0.1, 0.15) is 21.5 Å². The van der Waals surface area contributed by atoms with Gasteiger partial charge in [0.15, 0.2) is 0 Å². The van der Waals surface area contributed by atoms with Crippen molar-refractivity contribution >= 4 is 17.5 Å². The molecule has 0 atom stereocenters. The van der Waals surface area contributed by atoms with Crippen LogP contribution in [0.15, 0.2) is 42.5 Å². The molecule has 0 fully saturated rings. The first kappa shape index (κ1) is 14.4. The predicted octanol–water partition coefficient (Wildman–Crippen LogP) is 2.83. The lowest BCUT2D eigenvalue weighted by molar-refractivity contribution is 0.0953. The standard InChI is InChI=1S/C15H15ClN2O2/c1-10-7-13(5-6-14(10)16)20-9-11-3-2-4-12(8-11)15(19)18-17/h2-8H,9,17H2,1H3,(H,18,19). The summed E-state index contributed by atoms with van der Waals surface area (Å²) in [7, 11) is 0. The summed E-state index contributed by atoms with van der Waals surface area (Å²) in [6.07, 6.45) is 0. The van der Waals surface area contributed by atoms with Crippen LogP contribution in [0.2, 0.25) is 5.02 Å². The number of nitrogens with two attached hydrogens (primary N) is 1. The Kier molecular flexibility index (Phi) is 4.61. The number of hydrazine groups is 1. The number of aryl methyl sites for hydroxylation is 1. The highest BCUT2D eigenvalue weighted by atomic mass is 35.5. The van der Waals surface area contributed by atoms with Crippen LogP contribution < -0.4 is 16.0 Å². The Morgan fingerprint density at radius 3 is 2.80 bits per heavy atom. The summed E-state index contributed by atoms with van der Waals surface area (Å²) in [4.78, 5) is 11.4. The highest BCUT2D eigenvalue weighted by molar-refractivity contribution is 6.31. The van der Waals surface area contributed by atoms with E-state index in [1.165, 1.54) is 0 Å². The van der Waals surface area contributed by atoms with Gasteiger partial charge in [0, 0.05) is 10.6 Å². The molecule has 0 aromatic heterocycles. The molecular weight excluding hydrogens is 276 g/mol. The smallest absolute Gasteiger partial charge is 0.265 e. The minimum Gasteiger partial charge on any atom is -0.489 e. The molecule has 0 aliphatic carbocycles. The molecule has 1 amide bonds. The fourth-order valence-electron chi connectivity index (χ4n) is 1.76. The Morgan fingerprint density at radius 1 is 1.30 bits per heavy atom. The normalized spacial score (nSPS) is 10.2.